The van der Waals surface area contributed by atoms with Crippen molar-refractivity contribution >= 4 is 58.8 Å². The number of β-lactam (4-membered cyclic amide) rings is 1. The van der Waals surface area contributed by atoms with Crippen molar-refractivity contribution in [2.45, 2.75) is 10.2 Å². The smallest absolute Gasteiger partial charge is 0.433 e. The molecule has 1 saturated heterocycles. The second-order valence-electron chi connectivity index (χ2n) is 3.08. The van der Waals surface area contributed by atoms with Gasteiger partial charge in [-0.3, -0.25) is 9.10 Å². The van der Waals surface area contributed by atoms with Gasteiger partial charge in [0.25, 0.3) is 0 Å². The summed E-state index contributed by atoms with van der Waals surface area (Å²) in [6.07, 6.45) is -0.314. The molecule has 0 aromatic heterocycles. The van der Waals surface area contributed by atoms with Gasteiger partial charge in [-0.05, 0) is 11.9 Å². The third kappa shape index (κ3) is 6.45. The van der Waals surface area contributed by atoms with Crippen molar-refractivity contribution in [2.24, 2.45) is 0 Å². The van der Waals surface area contributed by atoms with Crippen molar-refractivity contribution in [3.8, 4) is 0 Å². The molecule has 1 fully saturated rings. The Morgan fingerprint density at radius 3 is 2.59 bits per heavy atom. The predicted molar refractivity (Wildman–Crippen MR) is 66.4 cm³/mol. The molecule has 17 heavy (non-hydrogen) atoms. The monoisotopic (exact) mass is 321 g/mol. The third-order valence-electron chi connectivity index (χ3n) is 1.71. The van der Waals surface area contributed by atoms with E-state index in [9.17, 15) is 9.59 Å². The van der Waals surface area contributed by atoms with Gasteiger partial charge < -0.3 is 9.47 Å². The van der Waals surface area contributed by atoms with Crippen molar-refractivity contribution < 1.29 is 19.1 Å². The summed E-state index contributed by atoms with van der Waals surface area (Å²) in [7, 11) is 0. The number of hydrogen-bond acceptors (Lipinski definition) is 5. The van der Waals surface area contributed by atoms with Crippen LogP contribution in [0.25, 0.3) is 0 Å². The Kier molecular flexibility index (Phi) is 5.99. The lowest BCUT2D eigenvalue weighted by atomic mass is 10.3. The fraction of sp³-hybridized carbons (Fsp3) is 0.750. The van der Waals surface area contributed by atoms with E-state index in [4.69, 9.17) is 39.5 Å². The SMILES string of the molecule is O=C(OCCSN1CCC1=O)OCC(Cl)(Cl)Cl. The van der Waals surface area contributed by atoms with Gasteiger partial charge in [0.15, 0.2) is 0 Å². The molecular weight excluding hydrogens is 313 g/mol. The van der Waals surface area contributed by atoms with E-state index < -0.39 is 9.95 Å². The normalized spacial score (nSPS) is 15.5. The van der Waals surface area contributed by atoms with Crippen LogP contribution in [0, 0.1) is 0 Å². The zero-order valence-corrected chi connectivity index (χ0v) is 11.7. The molecule has 0 bridgehead atoms. The Balaban J connectivity index is 1.98. The number of amides is 1. The standard InChI is InChI=1S/C8H10Cl3NO4S/c9-8(10,11)5-16-7(14)15-3-4-17-12-2-1-6(12)13/h1-5H2. The minimum absolute atomic E-state index is 0.0915. The first-order valence-electron chi connectivity index (χ1n) is 4.68. The molecule has 0 atom stereocenters. The molecule has 98 valence electrons. The van der Waals surface area contributed by atoms with Gasteiger partial charge in [0.05, 0.1) is 0 Å². The first-order chi connectivity index (χ1) is 7.88. The second-order valence-corrected chi connectivity index (χ2v) is 6.70. The van der Waals surface area contributed by atoms with E-state index in [1.807, 2.05) is 0 Å². The Hall–Kier alpha value is -0.0400. The molecule has 9 heteroatoms. The fourth-order valence-electron chi connectivity index (χ4n) is 0.886. The first kappa shape index (κ1) is 15.0. The van der Waals surface area contributed by atoms with Crippen molar-refractivity contribution in [3.05, 3.63) is 0 Å². The number of nitrogens with zero attached hydrogens (tertiary/aromatic N) is 1. The summed E-state index contributed by atoms with van der Waals surface area (Å²) in [6, 6.07) is 0. The fourth-order valence-corrected chi connectivity index (χ4v) is 1.88. The largest absolute Gasteiger partial charge is 0.508 e. The van der Waals surface area contributed by atoms with Crippen molar-refractivity contribution in [1.29, 1.82) is 0 Å². The van der Waals surface area contributed by atoms with Crippen LogP contribution in [0.2, 0.25) is 0 Å². The van der Waals surface area contributed by atoms with Gasteiger partial charge in [-0.15, -0.1) is 0 Å². The van der Waals surface area contributed by atoms with Crippen LogP contribution in [-0.2, 0) is 14.3 Å². The van der Waals surface area contributed by atoms with Crippen LogP contribution < -0.4 is 0 Å². The summed E-state index contributed by atoms with van der Waals surface area (Å²) in [5.41, 5.74) is 0. The highest BCUT2D eigenvalue weighted by Crippen LogP contribution is 2.26. The maximum atomic E-state index is 11.0. The summed E-state index contributed by atoms with van der Waals surface area (Å²) in [4.78, 5) is 21.9. The van der Waals surface area contributed by atoms with E-state index in [2.05, 4.69) is 4.74 Å². The van der Waals surface area contributed by atoms with Gasteiger partial charge in [-0.25, -0.2) is 4.79 Å². The molecule has 0 N–H and O–H groups in total. The lowest BCUT2D eigenvalue weighted by Gasteiger charge is -2.28. The molecule has 1 amide bonds. The van der Waals surface area contributed by atoms with Crippen LogP contribution in [0.15, 0.2) is 0 Å². The number of carbonyl (C=O) groups is 2. The lowest BCUT2D eigenvalue weighted by Crippen LogP contribution is -2.38. The van der Waals surface area contributed by atoms with Gasteiger partial charge >= 0.3 is 6.16 Å². The van der Waals surface area contributed by atoms with Crippen molar-refractivity contribution in [3.63, 3.8) is 0 Å². The second kappa shape index (κ2) is 6.78. The molecular formula is C8H10Cl3NO4S. The zero-order chi connectivity index (χ0) is 12.9. The highest BCUT2D eigenvalue weighted by Gasteiger charge is 2.24. The number of alkyl halides is 3. The zero-order valence-electron chi connectivity index (χ0n) is 8.66. The van der Waals surface area contributed by atoms with Gasteiger partial charge in [-0.1, -0.05) is 34.8 Å². The summed E-state index contributed by atoms with van der Waals surface area (Å²) in [6.45, 7) is 0.503. The Labute approximate surface area is 118 Å². The first-order valence-corrected chi connectivity index (χ1v) is 6.76. The van der Waals surface area contributed by atoms with Crippen LogP contribution in [0.4, 0.5) is 4.79 Å². The van der Waals surface area contributed by atoms with Crippen LogP contribution in [0.5, 0.6) is 0 Å². The summed E-state index contributed by atoms with van der Waals surface area (Å²) < 4.78 is 9.19. The average molecular weight is 323 g/mol. The third-order valence-corrected chi connectivity index (χ3v) is 3.09. The van der Waals surface area contributed by atoms with Crippen LogP contribution >= 0.6 is 46.8 Å². The van der Waals surface area contributed by atoms with Gasteiger partial charge in [0, 0.05) is 18.7 Å². The molecule has 1 rings (SSSR count). The van der Waals surface area contributed by atoms with Crippen LogP contribution in [-0.4, -0.2) is 45.7 Å². The maximum Gasteiger partial charge on any atom is 0.508 e. The predicted octanol–water partition coefficient (Wildman–Crippen LogP) is 2.39. The Bertz CT molecular complexity index is 297. The number of halogens is 3. The van der Waals surface area contributed by atoms with Gasteiger partial charge in [0.1, 0.15) is 13.2 Å². The van der Waals surface area contributed by atoms with Crippen molar-refractivity contribution in [1.82, 2.24) is 4.31 Å². The van der Waals surface area contributed by atoms with E-state index >= 15 is 0 Å². The number of rotatable bonds is 5. The number of ether oxygens (including phenoxy) is 2. The number of hydrogen-bond donors (Lipinski definition) is 0. The van der Waals surface area contributed by atoms with E-state index in [0.29, 0.717) is 12.2 Å². The van der Waals surface area contributed by atoms with E-state index in [1.165, 1.54) is 11.9 Å². The summed E-state index contributed by atoms with van der Waals surface area (Å²) >= 11 is 17.4. The Morgan fingerprint density at radius 1 is 1.41 bits per heavy atom. The molecule has 0 aromatic rings. The van der Waals surface area contributed by atoms with E-state index in [0.717, 1.165) is 6.54 Å². The molecule has 0 spiro atoms. The summed E-state index contributed by atoms with van der Waals surface area (Å²) in [5.74, 6) is 0.572. The molecule has 1 aliphatic heterocycles. The molecule has 1 aliphatic rings. The van der Waals surface area contributed by atoms with Crippen molar-refractivity contribution in [2.75, 3.05) is 25.5 Å². The van der Waals surface area contributed by atoms with Gasteiger partial charge in [-0.2, -0.15) is 0 Å². The molecule has 5 nitrogen and oxygen atoms in total. The Morgan fingerprint density at radius 2 is 2.12 bits per heavy atom. The maximum absolute atomic E-state index is 11.0. The molecule has 0 saturated carbocycles. The highest BCUT2D eigenvalue weighted by molar-refractivity contribution is 7.97. The average Bonchev–Trinajstić information content (AvgIpc) is 2.23. The summed E-state index contributed by atoms with van der Waals surface area (Å²) in [5, 5.41) is 0. The topological polar surface area (TPSA) is 55.8 Å². The van der Waals surface area contributed by atoms with Crippen LogP contribution in [0.1, 0.15) is 6.42 Å². The molecule has 1 heterocycles. The molecule has 0 radical (unpaired) electrons. The van der Waals surface area contributed by atoms with E-state index in [1.54, 1.807) is 4.31 Å². The molecule has 0 unspecified atom stereocenters. The highest BCUT2D eigenvalue weighted by atomic mass is 35.6. The van der Waals surface area contributed by atoms with Crippen LogP contribution in [0.3, 0.4) is 0 Å². The minimum atomic E-state index is -1.64. The number of carbonyl (C=O) groups excluding carboxylic acids is 2. The minimum Gasteiger partial charge on any atom is -0.433 e. The van der Waals surface area contributed by atoms with Gasteiger partial charge in [0.2, 0.25) is 9.70 Å². The molecule has 0 aliphatic carbocycles. The van der Waals surface area contributed by atoms with E-state index in [-0.39, 0.29) is 19.1 Å². The quantitative estimate of drug-likeness (QED) is 0.256. The molecule has 0 aromatic carbocycles. The lowest BCUT2D eigenvalue weighted by molar-refractivity contribution is -0.132.